The summed E-state index contributed by atoms with van der Waals surface area (Å²) in [7, 11) is 3.47. The average Bonchev–Trinajstić information content (AvgIpc) is 3.51. The number of imidazole rings is 1. The minimum Gasteiger partial charge on any atom is -0.497 e. The van der Waals surface area contributed by atoms with Gasteiger partial charge < -0.3 is 19.9 Å². The number of nitrogens with zero attached hydrogens (tertiary/aromatic N) is 2. The Morgan fingerprint density at radius 3 is 2.55 bits per heavy atom. The second kappa shape index (κ2) is 9.89. The van der Waals surface area contributed by atoms with Gasteiger partial charge >= 0.3 is 0 Å². The third-order valence-corrected chi connectivity index (χ3v) is 6.26. The van der Waals surface area contributed by atoms with Crippen LogP contribution in [0.3, 0.4) is 0 Å². The molecule has 1 unspecified atom stereocenters. The lowest BCUT2D eigenvalue weighted by atomic mass is 10.0. The van der Waals surface area contributed by atoms with Crippen molar-refractivity contribution in [3.8, 4) is 5.75 Å². The van der Waals surface area contributed by atoms with Crippen molar-refractivity contribution in [3.63, 3.8) is 0 Å². The Balaban J connectivity index is 1.60. The van der Waals surface area contributed by atoms with Crippen molar-refractivity contribution in [2.45, 2.75) is 6.04 Å². The molecule has 0 aliphatic heterocycles. The van der Waals surface area contributed by atoms with Gasteiger partial charge in [0.1, 0.15) is 17.6 Å². The fraction of sp³-hybridized carbons (Fsp3) is 0.125. The molecule has 168 valence electrons. The van der Waals surface area contributed by atoms with Gasteiger partial charge in [-0.1, -0.05) is 29.8 Å². The van der Waals surface area contributed by atoms with Crippen LogP contribution in [0, 0.1) is 0 Å². The van der Waals surface area contributed by atoms with E-state index in [2.05, 4.69) is 15.6 Å². The number of hydrogen-bond acceptors (Lipinski definition) is 5. The number of amides is 2. The third kappa shape index (κ3) is 5.08. The highest BCUT2D eigenvalue weighted by molar-refractivity contribution is 7.12. The molecule has 9 heteroatoms. The molecule has 33 heavy (non-hydrogen) atoms. The van der Waals surface area contributed by atoms with Crippen LogP contribution in [-0.2, 0) is 7.05 Å². The monoisotopic (exact) mass is 480 g/mol. The minimum absolute atomic E-state index is 0.284. The summed E-state index contributed by atoms with van der Waals surface area (Å²) in [5.74, 6) is 0.775. The molecule has 2 heterocycles. The summed E-state index contributed by atoms with van der Waals surface area (Å²) in [4.78, 5) is 30.6. The van der Waals surface area contributed by atoms with Crippen LogP contribution in [0.2, 0.25) is 5.02 Å². The van der Waals surface area contributed by atoms with Crippen LogP contribution in [0.1, 0.15) is 37.5 Å². The van der Waals surface area contributed by atoms with Gasteiger partial charge in [-0.2, -0.15) is 0 Å². The first-order valence-electron chi connectivity index (χ1n) is 10.0. The number of halogens is 1. The van der Waals surface area contributed by atoms with Crippen molar-refractivity contribution in [2.75, 3.05) is 12.4 Å². The molecule has 2 aromatic carbocycles. The predicted octanol–water partition coefficient (Wildman–Crippen LogP) is 4.92. The normalized spacial score (nSPS) is 11.6. The Labute approximate surface area is 200 Å². The number of aryl methyl sites for hydroxylation is 1. The molecule has 2 N–H and O–H groups in total. The molecule has 0 aliphatic carbocycles. The second-order valence-corrected chi connectivity index (χ2v) is 8.56. The van der Waals surface area contributed by atoms with E-state index in [-0.39, 0.29) is 11.8 Å². The number of benzene rings is 2. The number of carbonyl (C=O) groups is 2. The van der Waals surface area contributed by atoms with Crippen LogP contribution in [0.4, 0.5) is 5.69 Å². The number of anilines is 1. The highest BCUT2D eigenvalue weighted by Gasteiger charge is 2.22. The van der Waals surface area contributed by atoms with E-state index in [4.69, 9.17) is 16.3 Å². The number of aromatic nitrogens is 2. The molecule has 0 radical (unpaired) electrons. The molecule has 0 saturated heterocycles. The lowest BCUT2D eigenvalue weighted by Gasteiger charge is -2.20. The lowest BCUT2D eigenvalue weighted by molar-refractivity contribution is 0.0940. The summed E-state index contributed by atoms with van der Waals surface area (Å²) in [6, 6.07) is 15.2. The second-order valence-electron chi connectivity index (χ2n) is 7.20. The highest BCUT2D eigenvalue weighted by Crippen LogP contribution is 2.27. The zero-order valence-electron chi connectivity index (χ0n) is 17.9. The number of hydrogen-bond donors (Lipinski definition) is 2. The summed E-state index contributed by atoms with van der Waals surface area (Å²) in [6.07, 6.45) is 3.50. The van der Waals surface area contributed by atoms with Crippen molar-refractivity contribution < 1.29 is 14.3 Å². The van der Waals surface area contributed by atoms with E-state index in [0.717, 1.165) is 5.56 Å². The fourth-order valence-corrected chi connectivity index (χ4v) is 4.10. The summed E-state index contributed by atoms with van der Waals surface area (Å²) in [5, 5.41) is 7.97. The molecule has 4 rings (SSSR count). The zero-order chi connectivity index (χ0) is 23.4. The Morgan fingerprint density at radius 2 is 1.91 bits per heavy atom. The molecular formula is C24H21ClN4O3S. The van der Waals surface area contributed by atoms with E-state index in [1.54, 1.807) is 43.6 Å². The van der Waals surface area contributed by atoms with E-state index >= 15 is 0 Å². The van der Waals surface area contributed by atoms with Gasteiger partial charge in [0, 0.05) is 25.0 Å². The Hall–Kier alpha value is -3.62. The van der Waals surface area contributed by atoms with Crippen molar-refractivity contribution in [1.82, 2.24) is 14.9 Å². The standard InChI is InChI=1S/C24H21ClN4O3S/c1-29-12-11-26-22(29)21(15-5-8-17(32-2)9-6-15)28-23(30)16-7-10-18(25)19(14-16)27-24(31)20-4-3-13-33-20/h3-14,21H,1-2H3,(H,27,31)(H,28,30). The van der Waals surface area contributed by atoms with Crippen LogP contribution in [0.25, 0.3) is 0 Å². The molecule has 0 saturated carbocycles. The van der Waals surface area contributed by atoms with Gasteiger partial charge in [0.05, 0.1) is 22.7 Å². The molecule has 0 bridgehead atoms. The first kappa shape index (κ1) is 22.6. The van der Waals surface area contributed by atoms with Gasteiger partial charge in [-0.3, -0.25) is 9.59 Å². The van der Waals surface area contributed by atoms with Gasteiger partial charge in [0.25, 0.3) is 11.8 Å². The van der Waals surface area contributed by atoms with Crippen LogP contribution in [0.15, 0.2) is 72.4 Å². The van der Waals surface area contributed by atoms with Crippen molar-refractivity contribution in [1.29, 1.82) is 0 Å². The van der Waals surface area contributed by atoms with Crippen LogP contribution in [-0.4, -0.2) is 28.5 Å². The quantitative estimate of drug-likeness (QED) is 0.393. The van der Waals surface area contributed by atoms with Crippen molar-refractivity contribution >= 4 is 40.4 Å². The maximum Gasteiger partial charge on any atom is 0.265 e. The summed E-state index contributed by atoms with van der Waals surface area (Å²) >= 11 is 7.59. The van der Waals surface area contributed by atoms with Gasteiger partial charge in [0.2, 0.25) is 0 Å². The van der Waals surface area contributed by atoms with Crippen molar-refractivity contribution in [2.24, 2.45) is 7.05 Å². The molecule has 0 aliphatic rings. The van der Waals surface area contributed by atoms with Gasteiger partial charge in [-0.15, -0.1) is 11.3 Å². The summed E-state index contributed by atoms with van der Waals surface area (Å²) in [5.41, 5.74) is 1.56. The van der Waals surface area contributed by atoms with Gasteiger partial charge in [-0.05, 0) is 47.3 Å². The first-order valence-corrected chi connectivity index (χ1v) is 11.3. The van der Waals surface area contributed by atoms with Gasteiger partial charge in [0.15, 0.2) is 0 Å². The molecule has 1 atom stereocenters. The number of nitrogens with one attached hydrogen (secondary N) is 2. The highest BCUT2D eigenvalue weighted by atomic mass is 35.5. The van der Waals surface area contributed by atoms with Crippen LogP contribution in [0.5, 0.6) is 5.75 Å². The molecule has 0 fully saturated rings. The lowest BCUT2D eigenvalue weighted by Crippen LogP contribution is -2.31. The number of carbonyl (C=O) groups excluding carboxylic acids is 2. The molecule has 2 aromatic heterocycles. The van der Waals surface area contributed by atoms with E-state index in [0.29, 0.717) is 32.7 Å². The summed E-state index contributed by atoms with van der Waals surface area (Å²) < 4.78 is 7.09. The fourth-order valence-electron chi connectivity index (χ4n) is 3.32. The zero-order valence-corrected chi connectivity index (χ0v) is 19.5. The average molecular weight is 481 g/mol. The molecule has 2 amide bonds. The van der Waals surface area contributed by atoms with E-state index < -0.39 is 6.04 Å². The van der Waals surface area contributed by atoms with Crippen molar-refractivity contribution in [3.05, 3.63) is 99.2 Å². The number of methoxy groups -OCH3 is 1. The van der Waals surface area contributed by atoms with E-state index in [1.165, 1.54) is 11.3 Å². The number of thiophene rings is 1. The summed E-state index contributed by atoms with van der Waals surface area (Å²) in [6.45, 7) is 0. The predicted molar refractivity (Wildman–Crippen MR) is 129 cm³/mol. The Bertz CT molecular complexity index is 1270. The van der Waals surface area contributed by atoms with E-state index in [9.17, 15) is 9.59 Å². The smallest absolute Gasteiger partial charge is 0.265 e. The molecule has 0 spiro atoms. The number of rotatable bonds is 7. The molecule has 7 nitrogen and oxygen atoms in total. The molecular weight excluding hydrogens is 460 g/mol. The molecule has 4 aromatic rings. The number of ether oxygens (including phenoxy) is 1. The van der Waals surface area contributed by atoms with Crippen LogP contribution < -0.4 is 15.4 Å². The SMILES string of the molecule is COc1ccc(C(NC(=O)c2ccc(Cl)c(NC(=O)c3cccs3)c2)c2nccn2C)cc1. The maximum absolute atomic E-state index is 13.2. The Morgan fingerprint density at radius 1 is 1.12 bits per heavy atom. The topological polar surface area (TPSA) is 85.2 Å². The maximum atomic E-state index is 13.2. The van der Waals surface area contributed by atoms with Gasteiger partial charge in [-0.25, -0.2) is 4.98 Å². The van der Waals surface area contributed by atoms with Crippen LogP contribution >= 0.6 is 22.9 Å². The van der Waals surface area contributed by atoms with E-state index in [1.807, 2.05) is 47.5 Å². The minimum atomic E-state index is -0.497. The Kier molecular flexibility index (Phi) is 6.76. The first-order chi connectivity index (χ1) is 16.0. The largest absolute Gasteiger partial charge is 0.497 e. The third-order valence-electron chi connectivity index (χ3n) is 5.06.